The first kappa shape index (κ1) is 12.8. The molecule has 1 unspecified atom stereocenters. The lowest BCUT2D eigenvalue weighted by atomic mass is 10.0. The highest BCUT2D eigenvalue weighted by atomic mass is 35.5. The Hall–Kier alpha value is -0.280. The van der Waals surface area contributed by atoms with E-state index in [9.17, 15) is 5.11 Å². The van der Waals surface area contributed by atoms with Crippen LogP contribution < -0.4 is 0 Å². The number of benzene rings is 1. The highest BCUT2D eigenvalue weighted by Crippen LogP contribution is 2.22. The summed E-state index contributed by atoms with van der Waals surface area (Å²) >= 11 is 11.8. The zero-order valence-corrected chi connectivity index (χ0v) is 9.80. The molecule has 2 N–H and O–H groups in total. The predicted molar refractivity (Wildman–Crippen MR) is 62.5 cm³/mol. The van der Waals surface area contributed by atoms with Gasteiger partial charge >= 0.3 is 0 Å². The van der Waals surface area contributed by atoms with Crippen LogP contribution in [-0.4, -0.2) is 22.9 Å². The number of rotatable bonds is 5. The maximum Gasteiger partial charge on any atom is 0.0582 e. The molecule has 0 amide bonds. The van der Waals surface area contributed by atoms with E-state index >= 15 is 0 Å². The van der Waals surface area contributed by atoms with Crippen LogP contribution in [0.3, 0.4) is 0 Å². The number of halogens is 2. The molecule has 1 aromatic rings. The first-order valence-electron chi connectivity index (χ1n) is 4.86. The molecule has 15 heavy (non-hydrogen) atoms. The molecular formula is C11H14Cl2O2. The van der Waals surface area contributed by atoms with E-state index in [4.69, 9.17) is 28.3 Å². The molecule has 0 aliphatic heterocycles. The summed E-state index contributed by atoms with van der Waals surface area (Å²) < 4.78 is 0. The largest absolute Gasteiger partial charge is 0.396 e. The molecule has 1 rings (SSSR count). The topological polar surface area (TPSA) is 40.5 Å². The lowest BCUT2D eigenvalue weighted by Crippen LogP contribution is -2.11. The van der Waals surface area contributed by atoms with E-state index < -0.39 is 6.10 Å². The number of hydrogen-bond acceptors (Lipinski definition) is 2. The average molecular weight is 249 g/mol. The number of aliphatic hydroxyl groups excluding tert-OH is 2. The molecule has 0 fully saturated rings. The van der Waals surface area contributed by atoms with Gasteiger partial charge in [-0.15, -0.1) is 0 Å². The Morgan fingerprint density at radius 1 is 1.27 bits per heavy atom. The van der Waals surface area contributed by atoms with Crippen LogP contribution in [0.1, 0.15) is 18.4 Å². The third kappa shape index (κ3) is 4.39. The Morgan fingerprint density at radius 3 is 2.67 bits per heavy atom. The standard InChI is InChI=1S/C11H14Cl2O2/c12-9-3-4-11(13)8(6-9)7-10(15)2-1-5-14/h3-4,6,10,14-15H,1-2,5,7H2. The molecule has 1 aromatic carbocycles. The molecule has 84 valence electrons. The van der Waals surface area contributed by atoms with Gasteiger partial charge < -0.3 is 10.2 Å². The van der Waals surface area contributed by atoms with Crippen LogP contribution in [0.2, 0.25) is 10.0 Å². The van der Waals surface area contributed by atoms with Crippen LogP contribution in [0.5, 0.6) is 0 Å². The van der Waals surface area contributed by atoms with Crippen LogP contribution in [0, 0.1) is 0 Å². The molecule has 1 atom stereocenters. The molecule has 0 aliphatic rings. The summed E-state index contributed by atoms with van der Waals surface area (Å²) in [5.74, 6) is 0. The Morgan fingerprint density at radius 2 is 2.00 bits per heavy atom. The van der Waals surface area contributed by atoms with Gasteiger partial charge in [0.2, 0.25) is 0 Å². The molecule has 0 aromatic heterocycles. The van der Waals surface area contributed by atoms with Gasteiger partial charge in [0.1, 0.15) is 0 Å². The Bertz CT molecular complexity index is 315. The minimum Gasteiger partial charge on any atom is -0.396 e. The molecule has 4 heteroatoms. The molecule has 0 radical (unpaired) electrons. The second-order valence-electron chi connectivity index (χ2n) is 3.46. The lowest BCUT2D eigenvalue weighted by molar-refractivity contribution is 0.150. The first-order valence-corrected chi connectivity index (χ1v) is 5.62. The molecule has 0 aliphatic carbocycles. The zero-order chi connectivity index (χ0) is 11.3. The van der Waals surface area contributed by atoms with Gasteiger partial charge in [-0.2, -0.15) is 0 Å². The summed E-state index contributed by atoms with van der Waals surface area (Å²) in [5.41, 5.74) is 0.842. The van der Waals surface area contributed by atoms with Gasteiger partial charge in [-0.05, 0) is 43.0 Å². The van der Waals surface area contributed by atoms with Crippen molar-refractivity contribution < 1.29 is 10.2 Å². The maximum absolute atomic E-state index is 9.64. The van der Waals surface area contributed by atoms with Crippen molar-refractivity contribution in [3.05, 3.63) is 33.8 Å². The maximum atomic E-state index is 9.64. The van der Waals surface area contributed by atoms with E-state index in [1.807, 2.05) is 0 Å². The van der Waals surface area contributed by atoms with Gasteiger partial charge in [0.25, 0.3) is 0 Å². The Kier molecular flexibility index (Phi) is 5.40. The third-order valence-electron chi connectivity index (χ3n) is 2.16. The van der Waals surface area contributed by atoms with Crippen LogP contribution in [0.15, 0.2) is 18.2 Å². The van der Waals surface area contributed by atoms with Crippen LogP contribution in [-0.2, 0) is 6.42 Å². The first-order chi connectivity index (χ1) is 7.13. The zero-order valence-electron chi connectivity index (χ0n) is 8.29. The van der Waals surface area contributed by atoms with Gasteiger partial charge in [0.05, 0.1) is 6.10 Å². The predicted octanol–water partition coefficient (Wildman–Crippen LogP) is 2.67. The van der Waals surface area contributed by atoms with E-state index in [2.05, 4.69) is 0 Å². The second-order valence-corrected chi connectivity index (χ2v) is 4.30. The molecule has 0 bridgehead atoms. The fraction of sp³-hybridized carbons (Fsp3) is 0.455. The highest BCUT2D eigenvalue weighted by molar-refractivity contribution is 6.33. The molecule has 0 saturated carbocycles. The molecular weight excluding hydrogens is 235 g/mol. The second kappa shape index (κ2) is 6.33. The van der Waals surface area contributed by atoms with Crippen molar-refractivity contribution in [1.82, 2.24) is 0 Å². The van der Waals surface area contributed by atoms with Crippen molar-refractivity contribution in [1.29, 1.82) is 0 Å². The van der Waals surface area contributed by atoms with Crippen molar-refractivity contribution in [2.45, 2.75) is 25.4 Å². The minimum absolute atomic E-state index is 0.0976. The summed E-state index contributed by atoms with van der Waals surface area (Å²) in [7, 11) is 0. The van der Waals surface area contributed by atoms with Crippen molar-refractivity contribution in [3.63, 3.8) is 0 Å². The van der Waals surface area contributed by atoms with Crippen LogP contribution in [0.4, 0.5) is 0 Å². The van der Waals surface area contributed by atoms with Gasteiger partial charge in [-0.3, -0.25) is 0 Å². The quantitative estimate of drug-likeness (QED) is 0.842. The van der Waals surface area contributed by atoms with Crippen molar-refractivity contribution in [3.8, 4) is 0 Å². The smallest absolute Gasteiger partial charge is 0.0582 e. The molecule has 2 nitrogen and oxygen atoms in total. The van der Waals surface area contributed by atoms with Gasteiger partial charge in [-0.25, -0.2) is 0 Å². The number of hydrogen-bond donors (Lipinski definition) is 2. The van der Waals surface area contributed by atoms with E-state index in [0.717, 1.165) is 5.56 Å². The minimum atomic E-state index is -0.479. The monoisotopic (exact) mass is 248 g/mol. The lowest BCUT2D eigenvalue weighted by Gasteiger charge is -2.11. The van der Waals surface area contributed by atoms with Gasteiger partial charge in [0, 0.05) is 16.7 Å². The SMILES string of the molecule is OCCCC(O)Cc1cc(Cl)ccc1Cl. The summed E-state index contributed by atoms with van der Waals surface area (Å²) in [5, 5.41) is 19.5. The van der Waals surface area contributed by atoms with Gasteiger partial charge in [0.15, 0.2) is 0 Å². The van der Waals surface area contributed by atoms with E-state index in [1.165, 1.54) is 0 Å². The van der Waals surface area contributed by atoms with E-state index in [0.29, 0.717) is 29.3 Å². The van der Waals surface area contributed by atoms with Crippen LogP contribution >= 0.6 is 23.2 Å². The Balaban J connectivity index is 2.59. The van der Waals surface area contributed by atoms with Crippen molar-refractivity contribution in [2.75, 3.05) is 6.61 Å². The number of aliphatic hydroxyl groups is 2. The molecule has 0 spiro atoms. The van der Waals surface area contributed by atoms with Crippen molar-refractivity contribution >= 4 is 23.2 Å². The van der Waals surface area contributed by atoms with Crippen molar-refractivity contribution in [2.24, 2.45) is 0 Å². The Labute approximate surface area is 99.5 Å². The third-order valence-corrected chi connectivity index (χ3v) is 2.76. The fourth-order valence-corrected chi connectivity index (χ4v) is 1.77. The van der Waals surface area contributed by atoms with E-state index in [1.54, 1.807) is 18.2 Å². The normalized spacial score (nSPS) is 12.8. The van der Waals surface area contributed by atoms with Crippen LogP contribution in [0.25, 0.3) is 0 Å². The summed E-state index contributed by atoms with van der Waals surface area (Å²) in [6.45, 7) is 0.0976. The average Bonchev–Trinajstić information content (AvgIpc) is 2.20. The fourth-order valence-electron chi connectivity index (χ4n) is 1.38. The van der Waals surface area contributed by atoms with Gasteiger partial charge in [-0.1, -0.05) is 23.2 Å². The summed E-state index contributed by atoms with van der Waals surface area (Å²) in [4.78, 5) is 0. The highest BCUT2D eigenvalue weighted by Gasteiger charge is 2.08. The van der Waals surface area contributed by atoms with E-state index in [-0.39, 0.29) is 6.61 Å². The summed E-state index contributed by atoms with van der Waals surface area (Å²) in [6, 6.07) is 5.19. The summed E-state index contributed by atoms with van der Waals surface area (Å²) in [6.07, 6.45) is 1.16. The molecule has 0 heterocycles. The molecule has 0 saturated heterocycles.